The van der Waals surface area contributed by atoms with Crippen LogP contribution >= 0.6 is 0 Å². The molecule has 5 rings (SSSR count). The summed E-state index contributed by atoms with van der Waals surface area (Å²) in [6.45, 7) is 4.46. The van der Waals surface area contributed by atoms with E-state index in [1.807, 2.05) is 54.0 Å². The van der Waals surface area contributed by atoms with Crippen molar-refractivity contribution in [3.8, 4) is 0 Å². The minimum atomic E-state index is -1.03. The number of fused-ring (bicyclic) bond motifs is 3. The first kappa shape index (κ1) is 22.7. The van der Waals surface area contributed by atoms with Crippen molar-refractivity contribution >= 4 is 28.4 Å². The summed E-state index contributed by atoms with van der Waals surface area (Å²) in [7, 11) is 0. The molecule has 2 heterocycles. The van der Waals surface area contributed by atoms with Gasteiger partial charge in [-0.2, -0.15) is 0 Å². The van der Waals surface area contributed by atoms with Crippen molar-refractivity contribution in [2.24, 2.45) is 0 Å². The van der Waals surface area contributed by atoms with E-state index in [0.29, 0.717) is 12.2 Å². The Hall–Kier alpha value is -3.08. The third kappa shape index (κ3) is 4.02. The lowest BCUT2D eigenvalue weighted by molar-refractivity contribution is -0.127. The van der Waals surface area contributed by atoms with E-state index in [1.54, 1.807) is 4.90 Å². The lowest BCUT2D eigenvalue weighted by Crippen LogP contribution is -2.65. The molecule has 1 unspecified atom stereocenters. The molecule has 0 spiro atoms. The third-order valence-corrected chi connectivity index (χ3v) is 7.70. The van der Waals surface area contributed by atoms with E-state index >= 15 is 0 Å². The fourth-order valence-electron chi connectivity index (χ4n) is 5.71. The van der Waals surface area contributed by atoms with E-state index < -0.39 is 5.54 Å². The van der Waals surface area contributed by atoms with Crippen molar-refractivity contribution in [1.29, 1.82) is 0 Å². The highest BCUT2D eigenvalue weighted by molar-refractivity contribution is 6.14. The molecule has 178 valence electrons. The van der Waals surface area contributed by atoms with Gasteiger partial charge in [0, 0.05) is 22.6 Å². The van der Waals surface area contributed by atoms with E-state index in [0.717, 1.165) is 54.3 Å². The van der Waals surface area contributed by atoms with E-state index in [9.17, 15) is 9.59 Å². The van der Waals surface area contributed by atoms with Crippen LogP contribution in [0.25, 0.3) is 10.9 Å². The van der Waals surface area contributed by atoms with Crippen molar-refractivity contribution in [1.82, 2.24) is 9.88 Å². The number of nitrogens with zero attached hydrogens (tertiary/aromatic N) is 2. The molecule has 2 amide bonds. The van der Waals surface area contributed by atoms with Crippen LogP contribution in [0.5, 0.6) is 0 Å². The van der Waals surface area contributed by atoms with Gasteiger partial charge in [-0.1, -0.05) is 69.4 Å². The summed E-state index contributed by atoms with van der Waals surface area (Å²) in [6.07, 6.45) is 8.95. The van der Waals surface area contributed by atoms with Crippen molar-refractivity contribution in [3.63, 3.8) is 0 Å². The standard InChI is InChI=1S/C29H35N3O2/c1-3-21-12-11-16-24(18-21)32-27(33)26-19-22-13-9-10-17-25(22)31(26)20-29(32,2)28(34)30-23-14-7-5-4-6-8-15-23/h9-13,16-19,23H,3-8,14-15,20H2,1-2H3,(H,30,34). The number of nitrogens with one attached hydrogen (secondary N) is 1. The Morgan fingerprint density at radius 2 is 1.74 bits per heavy atom. The molecule has 5 nitrogen and oxygen atoms in total. The van der Waals surface area contributed by atoms with Crippen molar-refractivity contribution < 1.29 is 9.59 Å². The molecule has 1 aliphatic carbocycles. The Kier molecular flexibility index (Phi) is 6.20. The van der Waals surface area contributed by atoms with Crippen molar-refractivity contribution in [3.05, 3.63) is 65.9 Å². The zero-order valence-corrected chi connectivity index (χ0v) is 20.3. The molecular formula is C29H35N3O2. The minimum Gasteiger partial charge on any atom is -0.351 e. The number of benzene rings is 2. The number of aryl methyl sites for hydroxylation is 1. The number of amides is 2. The molecule has 2 aliphatic rings. The van der Waals surface area contributed by atoms with Gasteiger partial charge in [0.2, 0.25) is 5.91 Å². The highest BCUT2D eigenvalue weighted by Crippen LogP contribution is 2.36. The van der Waals surface area contributed by atoms with Crippen LogP contribution in [0, 0.1) is 0 Å². The van der Waals surface area contributed by atoms with Crippen LogP contribution in [-0.2, 0) is 17.8 Å². The number of aromatic nitrogens is 1. The molecule has 1 aromatic heterocycles. The number of rotatable bonds is 4. The quantitative estimate of drug-likeness (QED) is 0.534. The number of carbonyl (C=O) groups is 2. The average molecular weight is 458 g/mol. The number of hydrogen-bond donors (Lipinski definition) is 1. The van der Waals surface area contributed by atoms with Gasteiger partial charge in [0.05, 0.1) is 6.54 Å². The summed E-state index contributed by atoms with van der Waals surface area (Å²) in [5, 5.41) is 4.40. The number of carbonyl (C=O) groups excluding carboxylic acids is 2. The van der Waals surface area contributed by atoms with Gasteiger partial charge in [0.15, 0.2) is 0 Å². The maximum atomic E-state index is 14.0. The maximum absolute atomic E-state index is 14.0. The van der Waals surface area contributed by atoms with Gasteiger partial charge < -0.3 is 9.88 Å². The molecule has 0 saturated heterocycles. The van der Waals surface area contributed by atoms with E-state index in [-0.39, 0.29) is 17.9 Å². The average Bonchev–Trinajstić information content (AvgIpc) is 3.19. The maximum Gasteiger partial charge on any atom is 0.275 e. The Balaban J connectivity index is 1.57. The van der Waals surface area contributed by atoms with Gasteiger partial charge in [-0.05, 0) is 56.0 Å². The third-order valence-electron chi connectivity index (χ3n) is 7.70. The van der Waals surface area contributed by atoms with Gasteiger partial charge in [0.25, 0.3) is 5.91 Å². The molecule has 0 radical (unpaired) electrons. The van der Waals surface area contributed by atoms with Crippen LogP contribution in [0.2, 0.25) is 0 Å². The van der Waals surface area contributed by atoms with Gasteiger partial charge in [-0.3, -0.25) is 14.5 Å². The molecule has 0 bridgehead atoms. The highest BCUT2D eigenvalue weighted by Gasteiger charge is 2.49. The summed E-state index contributed by atoms with van der Waals surface area (Å²) in [4.78, 5) is 29.8. The molecule has 1 aliphatic heterocycles. The Labute approximate surface area is 202 Å². The first-order chi connectivity index (χ1) is 16.5. The zero-order chi connectivity index (χ0) is 23.7. The second-order valence-corrected chi connectivity index (χ2v) is 10.1. The lowest BCUT2D eigenvalue weighted by Gasteiger charge is -2.44. The molecule has 5 heteroatoms. The highest BCUT2D eigenvalue weighted by atomic mass is 16.2. The fraction of sp³-hybridized carbons (Fsp3) is 0.448. The Morgan fingerprint density at radius 1 is 1.00 bits per heavy atom. The largest absolute Gasteiger partial charge is 0.351 e. The Morgan fingerprint density at radius 3 is 2.50 bits per heavy atom. The summed E-state index contributed by atoms with van der Waals surface area (Å²) in [5.74, 6) is -0.178. The lowest BCUT2D eigenvalue weighted by atomic mass is 9.91. The minimum absolute atomic E-state index is 0.0586. The summed E-state index contributed by atoms with van der Waals surface area (Å²) in [5.41, 5.74) is 2.55. The molecule has 2 aromatic carbocycles. The molecule has 3 aromatic rings. The number of hydrogen-bond acceptors (Lipinski definition) is 2. The summed E-state index contributed by atoms with van der Waals surface area (Å²) < 4.78 is 2.04. The van der Waals surface area contributed by atoms with Crippen LogP contribution in [0.3, 0.4) is 0 Å². The SMILES string of the molecule is CCc1cccc(N2C(=O)c3cc4ccccc4n3CC2(C)C(=O)NC2CCCCCCC2)c1. The van der Waals surface area contributed by atoms with Crippen molar-refractivity contribution in [2.45, 2.75) is 83.3 Å². The predicted molar refractivity (Wildman–Crippen MR) is 137 cm³/mol. The summed E-state index contributed by atoms with van der Waals surface area (Å²) >= 11 is 0. The molecular weight excluding hydrogens is 422 g/mol. The van der Waals surface area contributed by atoms with Crippen LogP contribution < -0.4 is 10.2 Å². The number of anilines is 1. The molecule has 34 heavy (non-hydrogen) atoms. The zero-order valence-electron chi connectivity index (χ0n) is 20.3. The first-order valence-electron chi connectivity index (χ1n) is 12.8. The van der Waals surface area contributed by atoms with Crippen LogP contribution in [0.15, 0.2) is 54.6 Å². The van der Waals surface area contributed by atoms with Crippen molar-refractivity contribution in [2.75, 3.05) is 4.90 Å². The van der Waals surface area contributed by atoms with Gasteiger partial charge in [-0.25, -0.2) is 0 Å². The van der Waals surface area contributed by atoms with E-state index in [2.05, 4.69) is 24.4 Å². The van der Waals surface area contributed by atoms with Gasteiger partial charge >= 0.3 is 0 Å². The predicted octanol–water partition coefficient (Wildman–Crippen LogP) is 5.85. The normalized spacial score (nSPS) is 21.7. The first-order valence-corrected chi connectivity index (χ1v) is 12.8. The molecule has 1 saturated carbocycles. The monoisotopic (exact) mass is 457 g/mol. The van der Waals surface area contributed by atoms with Gasteiger partial charge in [0.1, 0.15) is 11.2 Å². The summed E-state index contributed by atoms with van der Waals surface area (Å²) in [6, 6.07) is 18.2. The van der Waals surface area contributed by atoms with E-state index in [4.69, 9.17) is 0 Å². The second kappa shape index (κ2) is 9.28. The van der Waals surface area contributed by atoms with Crippen LogP contribution in [0.4, 0.5) is 5.69 Å². The van der Waals surface area contributed by atoms with E-state index in [1.165, 1.54) is 19.3 Å². The van der Waals surface area contributed by atoms with Crippen LogP contribution in [0.1, 0.15) is 74.8 Å². The topological polar surface area (TPSA) is 54.3 Å². The van der Waals surface area contributed by atoms with Gasteiger partial charge in [-0.15, -0.1) is 0 Å². The Bertz CT molecular complexity index is 1210. The second-order valence-electron chi connectivity index (χ2n) is 10.1. The molecule has 1 fully saturated rings. The molecule has 1 atom stereocenters. The smallest absolute Gasteiger partial charge is 0.275 e. The van der Waals surface area contributed by atoms with Crippen LogP contribution in [-0.4, -0.2) is 28.0 Å². The molecule has 1 N–H and O–H groups in total. The number of para-hydroxylation sites is 1. The fourth-order valence-corrected chi connectivity index (χ4v) is 5.71.